The van der Waals surface area contributed by atoms with Gasteiger partial charge in [-0.2, -0.15) is 4.98 Å². The minimum absolute atomic E-state index is 0.0509. The number of hydrogen-bond acceptors (Lipinski definition) is 6. The van der Waals surface area contributed by atoms with Crippen molar-refractivity contribution in [3.63, 3.8) is 0 Å². The summed E-state index contributed by atoms with van der Waals surface area (Å²) < 4.78 is 15.7. The van der Waals surface area contributed by atoms with E-state index in [-0.39, 0.29) is 18.4 Å². The number of halogens is 1. The molecule has 7 heteroatoms. The Morgan fingerprint density at radius 2 is 2.30 bits per heavy atom. The first-order valence-corrected chi connectivity index (χ1v) is 6.76. The van der Waals surface area contributed by atoms with E-state index in [4.69, 9.17) is 13.7 Å². The second-order valence-corrected chi connectivity index (χ2v) is 5.07. The van der Waals surface area contributed by atoms with Gasteiger partial charge in [-0.15, -0.1) is 0 Å². The van der Waals surface area contributed by atoms with Crippen molar-refractivity contribution in [1.82, 2.24) is 10.1 Å². The third kappa shape index (κ3) is 4.06. The van der Waals surface area contributed by atoms with Gasteiger partial charge >= 0.3 is 5.97 Å². The van der Waals surface area contributed by atoms with Gasteiger partial charge in [0.1, 0.15) is 5.76 Å². The molecule has 0 amide bonds. The smallest absolute Gasteiger partial charge is 0.331 e. The Labute approximate surface area is 123 Å². The van der Waals surface area contributed by atoms with Crippen molar-refractivity contribution < 1.29 is 18.5 Å². The summed E-state index contributed by atoms with van der Waals surface area (Å²) in [4.78, 5) is 15.6. The minimum Gasteiger partial charge on any atom is -0.452 e. The van der Waals surface area contributed by atoms with Crippen LogP contribution in [0.2, 0.25) is 0 Å². The van der Waals surface area contributed by atoms with Crippen LogP contribution in [-0.4, -0.2) is 16.1 Å². The molecule has 0 unspecified atom stereocenters. The van der Waals surface area contributed by atoms with Crippen molar-refractivity contribution in [3.8, 4) is 0 Å². The molecule has 2 aromatic heterocycles. The largest absolute Gasteiger partial charge is 0.452 e. The van der Waals surface area contributed by atoms with Gasteiger partial charge in [-0.05, 0) is 34.1 Å². The second kappa shape index (κ2) is 6.51. The summed E-state index contributed by atoms with van der Waals surface area (Å²) in [6.07, 6.45) is 2.78. The molecule has 0 saturated heterocycles. The van der Waals surface area contributed by atoms with Gasteiger partial charge in [0, 0.05) is 12.0 Å². The molecule has 0 bridgehead atoms. The van der Waals surface area contributed by atoms with E-state index in [0.717, 1.165) is 0 Å². The van der Waals surface area contributed by atoms with Crippen LogP contribution in [0.3, 0.4) is 0 Å². The maximum absolute atomic E-state index is 11.5. The molecule has 106 valence electrons. The molecule has 0 aliphatic heterocycles. The van der Waals surface area contributed by atoms with Crippen LogP contribution in [0.4, 0.5) is 0 Å². The van der Waals surface area contributed by atoms with Gasteiger partial charge in [0.05, 0.1) is 0 Å². The number of ether oxygens (including phenoxy) is 1. The molecule has 0 atom stereocenters. The quantitative estimate of drug-likeness (QED) is 0.613. The summed E-state index contributed by atoms with van der Waals surface area (Å²) in [7, 11) is 0. The molecule has 0 aromatic carbocycles. The predicted octanol–water partition coefficient (Wildman–Crippen LogP) is 3.31. The van der Waals surface area contributed by atoms with Crippen molar-refractivity contribution in [1.29, 1.82) is 0 Å². The first-order chi connectivity index (χ1) is 9.54. The van der Waals surface area contributed by atoms with E-state index in [0.29, 0.717) is 16.3 Å². The number of esters is 1. The SMILES string of the molecule is CC(C)c1noc(COC(=O)/C=C/c2ccc(Br)o2)n1. The Morgan fingerprint density at radius 1 is 1.50 bits per heavy atom. The molecule has 6 nitrogen and oxygen atoms in total. The highest BCUT2D eigenvalue weighted by Crippen LogP contribution is 2.15. The van der Waals surface area contributed by atoms with Crippen molar-refractivity contribution in [2.75, 3.05) is 0 Å². The zero-order chi connectivity index (χ0) is 14.5. The van der Waals surface area contributed by atoms with Gasteiger partial charge in [0.15, 0.2) is 17.1 Å². The summed E-state index contributed by atoms with van der Waals surface area (Å²) in [6.45, 7) is 3.85. The average Bonchev–Trinajstić information content (AvgIpc) is 3.03. The molecule has 0 N–H and O–H groups in total. The van der Waals surface area contributed by atoms with E-state index in [9.17, 15) is 4.79 Å². The number of furan rings is 1. The van der Waals surface area contributed by atoms with Crippen LogP contribution in [0.5, 0.6) is 0 Å². The highest BCUT2D eigenvalue weighted by Gasteiger charge is 2.10. The lowest BCUT2D eigenvalue weighted by atomic mass is 10.2. The standard InChI is InChI=1S/C13H13BrN2O4/c1-8(2)13-15-11(20-16-13)7-18-12(17)6-4-9-3-5-10(14)19-9/h3-6,8H,7H2,1-2H3/b6-4+. The monoisotopic (exact) mass is 340 g/mol. The third-order valence-electron chi connectivity index (χ3n) is 2.32. The number of carbonyl (C=O) groups is 1. The molecular formula is C13H13BrN2O4. The number of rotatable bonds is 5. The zero-order valence-electron chi connectivity index (χ0n) is 11.0. The maximum atomic E-state index is 11.5. The first kappa shape index (κ1) is 14.5. The Kier molecular flexibility index (Phi) is 4.73. The lowest BCUT2D eigenvalue weighted by Crippen LogP contribution is -2.01. The average molecular weight is 341 g/mol. The Balaban J connectivity index is 1.84. The Bertz CT molecular complexity index is 615. The Hall–Kier alpha value is -1.89. The fourth-order valence-electron chi connectivity index (χ4n) is 1.31. The van der Waals surface area contributed by atoms with E-state index < -0.39 is 5.97 Å². The molecule has 2 heterocycles. The molecule has 0 fully saturated rings. The number of hydrogen-bond donors (Lipinski definition) is 0. The molecule has 0 saturated carbocycles. The van der Waals surface area contributed by atoms with E-state index in [1.807, 2.05) is 13.8 Å². The van der Waals surface area contributed by atoms with E-state index in [1.165, 1.54) is 12.2 Å². The van der Waals surface area contributed by atoms with Gasteiger partial charge in [0.2, 0.25) is 0 Å². The molecular weight excluding hydrogens is 328 g/mol. The molecule has 2 rings (SSSR count). The van der Waals surface area contributed by atoms with Crippen molar-refractivity contribution >= 4 is 28.0 Å². The highest BCUT2D eigenvalue weighted by molar-refractivity contribution is 9.10. The van der Waals surface area contributed by atoms with Gasteiger partial charge in [0.25, 0.3) is 5.89 Å². The maximum Gasteiger partial charge on any atom is 0.331 e. The van der Waals surface area contributed by atoms with Crippen LogP contribution in [0.25, 0.3) is 6.08 Å². The van der Waals surface area contributed by atoms with Crippen LogP contribution in [0, 0.1) is 0 Å². The van der Waals surface area contributed by atoms with Crippen molar-refractivity contribution in [3.05, 3.63) is 40.4 Å². The highest BCUT2D eigenvalue weighted by atomic mass is 79.9. The van der Waals surface area contributed by atoms with Crippen LogP contribution in [-0.2, 0) is 16.1 Å². The minimum atomic E-state index is -0.512. The summed E-state index contributed by atoms with van der Waals surface area (Å²) in [6, 6.07) is 3.46. The lowest BCUT2D eigenvalue weighted by Gasteiger charge is -1.96. The van der Waals surface area contributed by atoms with Gasteiger partial charge in [-0.1, -0.05) is 19.0 Å². The summed E-state index contributed by atoms with van der Waals surface area (Å²) in [5, 5.41) is 3.77. The molecule has 0 aliphatic rings. The normalized spacial score (nSPS) is 11.4. The fraction of sp³-hybridized carbons (Fsp3) is 0.308. The summed E-state index contributed by atoms with van der Waals surface area (Å²) in [5.41, 5.74) is 0. The Morgan fingerprint density at radius 3 is 2.90 bits per heavy atom. The first-order valence-electron chi connectivity index (χ1n) is 5.97. The predicted molar refractivity (Wildman–Crippen MR) is 73.6 cm³/mol. The number of carbonyl (C=O) groups excluding carboxylic acids is 1. The molecule has 0 aliphatic carbocycles. The fourth-order valence-corrected chi connectivity index (χ4v) is 1.63. The molecule has 2 aromatic rings. The van der Waals surface area contributed by atoms with Crippen LogP contribution in [0.1, 0.15) is 37.2 Å². The summed E-state index contributed by atoms with van der Waals surface area (Å²) >= 11 is 3.17. The van der Waals surface area contributed by atoms with Crippen molar-refractivity contribution in [2.45, 2.75) is 26.4 Å². The van der Waals surface area contributed by atoms with Gasteiger partial charge < -0.3 is 13.7 Å². The topological polar surface area (TPSA) is 78.4 Å². The second-order valence-electron chi connectivity index (χ2n) is 4.28. The molecule has 0 radical (unpaired) electrons. The van der Waals surface area contributed by atoms with Gasteiger partial charge in [-0.3, -0.25) is 0 Å². The number of aromatic nitrogens is 2. The summed E-state index contributed by atoms with van der Waals surface area (Å²) in [5.74, 6) is 1.07. The van der Waals surface area contributed by atoms with E-state index in [2.05, 4.69) is 26.1 Å². The number of nitrogens with zero attached hydrogens (tertiary/aromatic N) is 2. The molecule has 20 heavy (non-hydrogen) atoms. The van der Waals surface area contributed by atoms with Crippen LogP contribution < -0.4 is 0 Å². The van der Waals surface area contributed by atoms with Crippen molar-refractivity contribution in [2.24, 2.45) is 0 Å². The zero-order valence-corrected chi connectivity index (χ0v) is 12.6. The van der Waals surface area contributed by atoms with Crippen LogP contribution >= 0.6 is 15.9 Å². The third-order valence-corrected chi connectivity index (χ3v) is 2.74. The van der Waals surface area contributed by atoms with Gasteiger partial charge in [-0.25, -0.2) is 4.79 Å². The van der Waals surface area contributed by atoms with E-state index >= 15 is 0 Å². The van der Waals surface area contributed by atoms with Crippen LogP contribution in [0.15, 0.2) is 31.8 Å². The molecule has 0 spiro atoms. The van der Waals surface area contributed by atoms with E-state index in [1.54, 1.807) is 12.1 Å². The lowest BCUT2D eigenvalue weighted by molar-refractivity contribution is -0.139.